The summed E-state index contributed by atoms with van der Waals surface area (Å²) >= 11 is 0. The zero-order valence-corrected chi connectivity index (χ0v) is 8.96. The molecule has 74 valence electrons. The van der Waals surface area contributed by atoms with Crippen LogP contribution in [0.2, 0.25) is 0 Å². The summed E-state index contributed by atoms with van der Waals surface area (Å²) in [7, 11) is 0. The third kappa shape index (κ3) is 1.46. The second-order valence-corrected chi connectivity index (χ2v) is 4.40. The summed E-state index contributed by atoms with van der Waals surface area (Å²) in [6.07, 6.45) is 4.57. The van der Waals surface area contributed by atoms with Gasteiger partial charge in [-0.25, -0.2) is 0 Å². The zero-order valence-electron chi connectivity index (χ0n) is 8.96. The summed E-state index contributed by atoms with van der Waals surface area (Å²) in [6.45, 7) is 2.22. The molecule has 0 amide bonds. The molecule has 1 aliphatic rings. The Morgan fingerprint density at radius 2 is 1.60 bits per heavy atom. The molecule has 0 aliphatic heterocycles. The van der Waals surface area contributed by atoms with E-state index in [-0.39, 0.29) is 0 Å². The molecule has 2 aromatic rings. The minimum atomic E-state index is 1.10. The van der Waals surface area contributed by atoms with Crippen molar-refractivity contribution < 1.29 is 0 Å². The van der Waals surface area contributed by atoms with Crippen molar-refractivity contribution in [1.82, 2.24) is 0 Å². The first kappa shape index (κ1) is 8.72. The number of fused-ring (bicyclic) bond motifs is 2. The molecule has 0 bridgehead atoms. The molecule has 2 aromatic carbocycles. The minimum absolute atomic E-state index is 1.10. The maximum atomic E-state index is 2.35. The van der Waals surface area contributed by atoms with Crippen LogP contribution in [-0.4, -0.2) is 0 Å². The topological polar surface area (TPSA) is 0 Å². The molecule has 0 radical (unpaired) electrons. The minimum Gasteiger partial charge on any atom is -0.0809 e. The Hall–Kier alpha value is -1.56. The Bertz CT molecular complexity index is 547. The van der Waals surface area contributed by atoms with Gasteiger partial charge in [0.15, 0.2) is 0 Å². The number of hydrogen-bond donors (Lipinski definition) is 0. The smallest absolute Gasteiger partial charge is 0.00667 e. The first-order chi connectivity index (χ1) is 7.33. The molecule has 0 heterocycles. The van der Waals surface area contributed by atoms with Crippen LogP contribution >= 0.6 is 0 Å². The molecule has 0 unspecified atom stereocenters. The normalized spacial score (nSPS) is 14.9. The lowest BCUT2D eigenvalue weighted by Gasteiger charge is -2.15. The lowest BCUT2D eigenvalue weighted by Crippen LogP contribution is -2.00. The van der Waals surface area contributed by atoms with E-state index in [2.05, 4.69) is 49.4 Å². The van der Waals surface area contributed by atoms with E-state index in [1.807, 2.05) is 0 Å². The average Bonchev–Trinajstić information content (AvgIpc) is 2.26. The predicted octanol–water partition coefficient (Wildman–Crippen LogP) is 3.88. The van der Waals surface area contributed by atoms with Crippen molar-refractivity contribution in [2.45, 2.75) is 19.8 Å². The molecule has 0 saturated heterocycles. The van der Waals surface area contributed by atoms with Crippen molar-refractivity contribution >= 4 is 10.8 Å². The van der Waals surface area contributed by atoms with Crippen molar-refractivity contribution in [3.05, 3.63) is 59.2 Å². The maximum Gasteiger partial charge on any atom is -0.00667 e. The van der Waals surface area contributed by atoms with E-state index in [1.165, 1.54) is 27.5 Å². The maximum absolute atomic E-state index is 2.35. The standard InChI is InChI=1S/C15H14/c1-11-6-7-14-9-12-4-2-3-5-13(12)10-15(14)8-11/h2-6,9-10H,7-8H2,1H3. The monoisotopic (exact) mass is 194 g/mol. The highest BCUT2D eigenvalue weighted by Gasteiger charge is 2.08. The van der Waals surface area contributed by atoms with Crippen LogP contribution in [0.25, 0.3) is 10.8 Å². The average molecular weight is 194 g/mol. The van der Waals surface area contributed by atoms with Crippen LogP contribution in [0, 0.1) is 0 Å². The van der Waals surface area contributed by atoms with E-state index in [4.69, 9.17) is 0 Å². The van der Waals surface area contributed by atoms with Gasteiger partial charge in [-0.3, -0.25) is 0 Å². The van der Waals surface area contributed by atoms with E-state index in [0.29, 0.717) is 0 Å². The van der Waals surface area contributed by atoms with E-state index in [0.717, 1.165) is 12.8 Å². The second-order valence-electron chi connectivity index (χ2n) is 4.40. The summed E-state index contributed by atoms with van der Waals surface area (Å²) in [5.41, 5.74) is 4.51. The van der Waals surface area contributed by atoms with Crippen LogP contribution in [-0.2, 0) is 12.8 Å². The molecule has 15 heavy (non-hydrogen) atoms. The largest absolute Gasteiger partial charge is 0.0809 e. The SMILES string of the molecule is CC1=CCc2cc3ccccc3cc2C1. The molecular weight excluding hydrogens is 180 g/mol. The van der Waals surface area contributed by atoms with E-state index >= 15 is 0 Å². The lowest BCUT2D eigenvalue weighted by molar-refractivity contribution is 1.02. The number of rotatable bonds is 0. The lowest BCUT2D eigenvalue weighted by atomic mass is 9.90. The van der Waals surface area contributed by atoms with Gasteiger partial charge >= 0.3 is 0 Å². The van der Waals surface area contributed by atoms with Gasteiger partial charge in [0.1, 0.15) is 0 Å². The highest BCUT2D eigenvalue weighted by Crippen LogP contribution is 2.26. The van der Waals surface area contributed by atoms with Gasteiger partial charge in [-0.15, -0.1) is 0 Å². The molecule has 1 aliphatic carbocycles. The summed E-state index contributed by atoms with van der Waals surface area (Å²) in [5, 5.41) is 2.73. The molecule has 0 N–H and O–H groups in total. The summed E-state index contributed by atoms with van der Waals surface area (Å²) in [5.74, 6) is 0. The second kappa shape index (κ2) is 3.23. The van der Waals surface area contributed by atoms with Gasteiger partial charge in [0.2, 0.25) is 0 Å². The molecule has 0 saturated carbocycles. The van der Waals surface area contributed by atoms with Crippen molar-refractivity contribution in [3.8, 4) is 0 Å². The van der Waals surface area contributed by atoms with E-state index in [1.54, 1.807) is 0 Å². The van der Waals surface area contributed by atoms with Gasteiger partial charge in [0, 0.05) is 0 Å². The zero-order chi connectivity index (χ0) is 10.3. The molecule has 3 rings (SSSR count). The summed E-state index contributed by atoms with van der Waals surface area (Å²) < 4.78 is 0. The van der Waals surface area contributed by atoms with Crippen LogP contribution in [0.3, 0.4) is 0 Å². The third-order valence-electron chi connectivity index (χ3n) is 3.21. The highest BCUT2D eigenvalue weighted by atomic mass is 14.1. The number of benzene rings is 2. The molecule has 0 heteroatoms. The Morgan fingerprint density at radius 1 is 0.933 bits per heavy atom. The molecule has 0 atom stereocenters. The Balaban J connectivity index is 2.23. The molecule has 0 aromatic heterocycles. The van der Waals surface area contributed by atoms with Crippen molar-refractivity contribution in [2.75, 3.05) is 0 Å². The van der Waals surface area contributed by atoms with Gasteiger partial charge in [0.05, 0.1) is 0 Å². The van der Waals surface area contributed by atoms with Crippen molar-refractivity contribution in [2.24, 2.45) is 0 Å². The summed E-state index contributed by atoms with van der Waals surface area (Å²) in [6, 6.07) is 13.3. The predicted molar refractivity (Wildman–Crippen MR) is 65.1 cm³/mol. The van der Waals surface area contributed by atoms with Gasteiger partial charge < -0.3 is 0 Å². The molecule has 0 nitrogen and oxygen atoms in total. The Labute approximate surface area is 90.2 Å². The number of allylic oxidation sites excluding steroid dienone is 2. The number of hydrogen-bond acceptors (Lipinski definition) is 0. The quantitative estimate of drug-likeness (QED) is 0.558. The van der Waals surface area contributed by atoms with E-state index in [9.17, 15) is 0 Å². The van der Waals surface area contributed by atoms with Crippen LogP contribution in [0.5, 0.6) is 0 Å². The molecular formula is C15H14. The molecule has 0 spiro atoms. The third-order valence-corrected chi connectivity index (χ3v) is 3.21. The van der Waals surface area contributed by atoms with Gasteiger partial charge in [0.25, 0.3) is 0 Å². The van der Waals surface area contributed by atoms with Crippen molar-refractivity contribution in [3.63, 3.8) is 0 Å². The Morgan fingerprint density at radius 3 is 2.33 bits per heavy atom. The van der Waals surface area contributed by atoms with Crippen LogP contribution < -0.4 is 0 Å². The van der Waals surface area contributed by atoms with Gasteiger partial charge in [-0.05, 0) is 41.7 Å². The first-order valence-corrected chi connectivity index (χ1v) is 5.49. The van der Waals surface area contributed by atoms with E-state index < -0.39 is 0 Å². The van der Waals surface area contributed by atoms with Crippen LogP contribution in [0.4, 0.5) is 0 Å². The van der Waals surface area contributed by atoms with Gasteiger partial charge in [-0.2, -0.15) is 0 Å². The van der Waals surface area contributed by atoms with Crippen LogP contribution in [0.1, 0.15) is 18.1 Å². The highest BCUT2D eigenvalue weighted by molar-refractivity contribution is 5.84. The first-order valence-electron chi connectivity index (χ1n) is 5.49. The van der Waals surface area contributed by atoms with Gasteiger partial charge in [-0.1, -0.05) is 48.0 Å². The fourth-order valence-electron chi connectivity index (χ4n) is 2.35. The van der Waals surface area contributed by atoms with Crippen LogP contribution in [0.15, 0.2) is 48.0 Å². The Kier molecular flexibility index (Phi) is 1.88. The van der Waals surface area contributed by atoms with Crippen molar-refractivity contribution in [1.29, 1.82) is 0 Å². The summed E-state index contributed by atoms with van der Waals surface area (Å²) in [4.78, 5) is 0. The molecule has 0 fully saturated rings. The fourth-order valence-corrected chi connectivity index (χ4v) is 2.35. The fraction of sp³-hybridized carbons (Fsp3) is 0.200.